The number of non-ortho nitro benzene ring substituents is 2. The van der Waals surface area contributed by atoms with Crippen LogP contribution in [0.3, 0.4) is 0 Å². The maximum atomic E-state index is 12.5. The van der Waals surface area contributed by atoms with Gasteiger partial charge >= 0.3 is 11.9 Å². The summed E-state index contributed by atoms with van der Waals surface area (Å²) in [5.74, 6) is -1.46. The SMILES string of the molecule is [N-]=[N+]=NC1C[C@H](OC(=O)c2ccc([N+](=O)[O-])cc2)[C@@H](COC(=O)c2ccc([N+](=O)[O-])cc2)S1. The lowest BCUT2D eigenvalue weighted by Gasteiger charge is -2.19. The number of carbonyl (C=O) groups excluding carboxylic acids is 2. The maximum absolute atomic E-state index is 12.5. The Balaban J connectivity index is 1.65. The van der Waals surface area contributed by atoms with E-state index in [9.17, 15) is 29.8 Å². The fourth-order valence-electron chi connectivity index (χ4n) is 2.98. The highest BCUT2D eigenvalue weighted by Crippen LogP contribution is 2.37. The Morgan fingerprint density at radius 3 is 2.00 bits per heavy atom. The van der Waals surface area contributed by atoms with Gasteiger partial charge in [-0.05, 0) is 29.8 Å². The molecule has 3 atom stereocenters. The predicted octanol–water partition coefficient (Wildman–Crippen LogP) is 4.03. The highest BCUT2D eigenvalue weighted by Gasteiger charge is 2.38. The van der Waals surface area contributed by atoms with Crippen molar-refractivity contribution in [3.05, 3.63) is 90.3 Å². The lowest BCUT2D eigenvalue weighted by Crippen LogP contribution is -2.29. The van der Waals surface area contributed by atoms with Gasteiger partial charge in [0.25, 0.3) is 11.4 Å². The van der Waals surface area contributed by atoms with Crippen LogP contribution in [0.4, 0.5) is 11.4 Å². The molecule has 0 aliphatic carbocycles. The van der Waals surface area contributed by atoms with E-state index in [2.05, 4.69) is 10.0 Å². The van der Waals surface area contributed by atoms with Gasteiger partial charge in [-0.3, -0.25) is 20.2 Å². The third kappa shape index (κ3) is 5.96. The minimum atomic E-state index is -0.752. The van der Waals surface area contributed by atoms with Crippen molar-refractivity contribution in [2.75, 3.05) is 6.61 Å². The molecule has 1 unspecified atom stereocenters. The number of nitro groups is 2. The van der Waals surface area contributed by atoms with Crippen LogP contribution in [-0.4, -0.2) is 45.1 Å². The first kappa shape index (κ1) is 23.5. The number of nitro benzene ring substituents is 2. The molecule has 1 aliphatic rings. The molecule has 2 aromatic rings. The largest absolute Gasteiger partial charge is 0.461 e. The van der Waals surface area contributed by atoms with E-state index >= 15 is 0 Å². The minimum absolute atomic E-state index is 0.0967. The first-order valence-electron chi connectivity index (χ1n) is 9.35. The molecule has 3 rings (SSSR count). The Morgan fingerprint density at radius 2 is 1.52 bits per heavy atom. The van der Waals surface area contributed by atoms with Crippen LogP contribution in [-0.2, 0) is 9.47 Å². The lowest BCUT2D eigenvalue weighted by molar-refractivity contribution is -0.385. The molecule has 1 fully saturated rings. The van der Waals surface area contributed by atoms with Gasteiger partial charge < -0.3 is 9.47 Å². The van der Waals surface area contributed by atoms with Crippen molar-refractivity contribution in [3.8, 4) is 0 Å². The number of hydrogen-bond acceptors (Lipinski definition) is 10. The summed E-state index contributed by atoms with van der Waals surface area (Å²) < 4.78 is 10.8. The number of hydrogen-bond donors (Lipinski definition) is 0. The predicted molar refractivity (Wildman–Crippen MR) is 115 cm³/mol. The van der Waals surface area contributed by atoms with E-state index in [1.54, 1.807) is 0 Å². The average molecular weight is 473 g/mol. The summed E-state index contributed by atoms with van der Waals surface area (Å²) in [6, 6.07) is 9.74. The second-order valence-corrected chi connectivity index (χ2v) is 8.14. The molecule has 1 saturated heterocycles. The van der Waals surface area contributed by atoms with E-state index in [1.165, 1.54) is 60.3 Å². The topological polar surface area (TPSA) is 188 Å². The zero-order valence-corrected chi connectivity index (χ0v) is 17.5. The number of carbonyl (C=O) groups is 2. The molecule has 0 bridgehead atoms. The third-order valence-corrected chi connectivity index (χ3v) is 6.02. The van der Waals surface area contributed by atoms with Crippen molar-refractivity contribution in [2.45, 2.75) is 23.1 Å². The zero-order chi connectivity index (χ0) is 24.0. The van der Waals surface area contributed by atoms with Gasteiger partial charge in [0.1, 0.15) is 12.7 Å². The Bertz CT molecular complexity index is 1120. The number of thioether (sulfide) groups is 1. The van der Waals surface area contributed by atoms with Gasteiger partial charge in [0.05, 0.1) is 31.6 Å². The van der Waals surface area contributed by atoms with Gasteiger partial charge in [0, 0.05) is 35.6 Å². The molecule has 13 nitrogen and oxygen atoms in total. The van der Waals surface area contributed by atoms with Crippen LogP contribution < -0.4 is 0 Å². The number of esters is 2. The number of benzene rings is 2. The van der Waals surface area contributed by atoms with Crippen LogP contribution in [0.1, 0.15) is 27.1 Å². The fraction of sp³-hybridized carbons (Fsp3) is 0.263. The Hall–Kier alpha value is -4.16. The highest BCUT2D eigenvalue weighted by atomic mass is 32.2. The molecule has 0 aromatic heterocycles. The smallest absolute Gasteiger partial charge is 0.338 e. The second-order valence-electron chi connectivity index (χ2n) is 6.72. The molecule has 0 saturated carbocycles. The normalized spacial score (nSPS) is 19.2. The summed E-state index contributed by atoms with van der Waals surface area (Å²) in [4.78, 5) is 47.8. The van der Waals surface area contributed by atoms with Gasteiger partial charge in [-0.25, -0.2) is 9.59 Å². The van der Waals surface area contributed by atoms with Crippen LogP contribution in [0.25, 0.3) is 10.4 Å². The zero-order valence-electron chi connectivity index (χ0n) is 16.7. The van der Waals surface area contributed by atoms with Crippen LogP contribution >= 0.6 is 11.8 Å². The summed E-state index contributed by atoms with van der Waals surface area (Å²) in [6.07, 6.45) is -0.564. The van der Waals surface area contributed by atoms with E-state index < -0.39 is 38.5 Å². The standard InChI is InChI=1S/C19H15N5O8S/c20-22-21-17-9-15(32-19(26)12-3-7-14(8-4-12)24(29)30)16(33-17)10-31-18(25)11-1-5-13(6-2-11)23(27)28/h1-8,15-17H,9-10H2/t15-,16+,17?/m0/s1. The third-order valence-electron chi connectivity index (χ3n) is 4.63. The van der Waals surface area contributed by atoms with E-state index in [0.29, 0.717) is 0 Å². The van der Waals surface area contributed by atoms with Crippen LogP contribution in [0.15, 0.2) is 53.6 Å². The Morgan fingerprint density at radius 1 is 1.00 bits per heavy atom. The molecule has 14 heteroatoms. The fourth-order valence-corrected chi connectivity index (χ4v) is 4.27. The molecule has 33 heavy (non-hydrogen) atoms. The summed E-state index contributed by atoms with van der Waals surface area (Å²) in [6.45, 7) is -0.170. The molecule has 0 spiro atoms. The first-order valence-corrected chi connectivity index (χ1v) is 10.3. The molecular formula is C19H15N5O8S. The van der Waals surface area contributed by atoms with Crippen molar-refractivity contribution in [2.24, 2.45) is 5.11 Å². The number of azide groups is 1. The monoisotopic (exact) mass is 473 g/mol. The summed E-state index contributed by atoms with van der Waals surface area (Å²) in [5, 5.41) is 24.0. The van der Waals surface area contributed by atoms with E-state index in [-0.39, 0.29) is 35.5 Å². The quantitative estimate of drug-likeness (QED) is 0.136. The molecule has 1 heterocycles. The summed E-state index contributed by atoms with van der Waals surface area (Å²) >= 11 is 1.18. The Labute approximate surface area is 189 Å². The van der Waals surface area contributed by atoms with E-state index in [4.69, 9.17) is 15.0 Å². The molecular weight excluding hydrogens is 458 g/mol. The summed E-state index contributed by atoms with van der Waals surface area (Å²) in [5.41, 5.74) is 8.56. The van der Waals surface area contributed by atoms with E-state index in [0.717, 1.165) is 0 Å². The lowest BCUT2D eigenvalue weighted by atomic mass is 10.1. The van der Waals surface area contributed by atoms with Gasteiger partial charge in [-0.1, -0.05) is 5.11 Å². The van der Waals surface area contributed by atoms with Crippen molar-refractivity contribution >= 4 is 35.1 Å². The molecule has 0 radical (unpaired) electrons. The average Bonchev–Trinajstić information content (AvgIpc) is 3.18. The number of rotatable bonds is 8. The van der Waals surface area contributed by atoms with Gasteiger partial charge in [-0.15, -0.1) is 11.8 Å². The van der Waals surface area contributed by atoms with Gasteiger partial charge in [0.2, 0.25) is 0 Å². The molecule has 0 amide bonds. The Kier molecular flexibility index (Phi) is 7.43. The van der Waals surface area contributed by atoms with Crippen molar-refractivity contribution in [1.82, 2.24) is 0 Å². The van der Waals surface area contributed by atoms with E-state index in [1.807, 2.05) is 0 Å². The molecule has 1 aliphatic heterocycles. The molecule has 170 valence electrons. The summed E-state index contributed by atoms with van der Waals surface area (Å²) in [7, 11) is 0. The van der Waals surface area contributed by atoms with Crippen molar-refractivity contribution < 1.29 is 28.9 Å². The van der Waals surface area contributed by atoms with Crippen molar-refractivity contribution in [1.29, 1.82) is 0 Å². The highest BCUT2D eigenvalue weighted by molar-refractivity contribution is 8.00. The van der Waals surface area contributed by atoms with Crippen LogP contribution in [0.5, 0.6) is 0 Å². The second kappa shape index (κ2) is 10.4. The molecule has 2 aromatic carbocycles. The number of nitrogens with zero attached hydrogens (tertiary/aromatic N) is 5. The molecule has 0 N–H and O–H groups in total. The van der Waals surface area contributed by atoms with Gasteiger partial charge in [0.15, 0.2) is 0 Å². The van der Waals surface area contributed by atoms with Crippen LogP contribution in [0, 0.1) is 20.2 Å². The van der Waals surface area contributed by atoms with Crippen molar-refractivity contribution in [3.63, 3.8) is 0 Å². The minimum Gasteiger partial charge on any atom is -0.461 e. The van der Waals surface area contributed by atoms with Crippen LogP contribution in [0.2, 0.25) is 0 Å². The van der Waals surface area contributed by atoms with Gasteiger partial charge in [-0.2, -0.15) is 0 Å². The maximum Gasteiger partial charge on any atom is 0.338 e. The number of ether oxygens (including phenoxy) is 2. The first-order chi connectivity index (χ1) is 15.8.